The number of hydrogen-bond donors (Lipinski definition) is 2. The van der Waals surface area contributed by atoms with Gasteiger partial charge in [-0.3, -0.25) is 4.79 Å². The van der Waals surface area contributed by atoms with Gasteiger partial charge in [-0.2, -0.15) is 0 Å². The standard InChI is InChI=1S/C21H27N3O2/c1-13-6-7-14(2)17(10-13)23-20(25)15(3)24-12-21(4,5)26-19-11-16(22)8-9-18(19)24/h6-11,15H,12,22H2,1-5H3,(H,23,25). The second-order valence-electron chi connectivity index (χ2n) is 7.70. The van der Waals surface area contributed by atoms with Gasteiger partial charge in [0, 0.05) is 17.4 Å². The number of nitrogens with zero attached hydrogens (tertiary/aromatic N) is 1. The molecule has 0 fully saturated rings. The van der Waals surface area contributed by atoms with Crippen molar-refractivity contribution in [3.05, 3.63) is 47.5 Å². The number of nitrogens with one attached hydrogen (secondary N) is 1. The minimum absolute atomic E-state index is 0.0424. The van der Waals surface area contributed by atoms with E-state index in [0.29, 0.717) is 18.0 Å². The fourth-order valence-electron chi connectivity index (χ4n) is 3.27. The largest absolute Gasteiger partial charge is 0.484 e. The molecule has 1 heterocycles. The number of carbonyl (C=O) groups excluding carboxylic acids is 1. The van der Waals surface area contributed by atoms with Crippen LogP contribution >= 0.6 is 0 Å². The number of aryl methyl sites for hydroxylation is 2. The van der Waals surface area contributed by atoms with Gasteiger partial charge in [-0.25, -0.2) is 0 Å². The number of amides is 1. The predicted octanol–water partition coefficient (Wildman–Crippen LogP) is 3.89. The van der Waals surface area contributed by atoms with Gasteiger partial charge in [0.2, 0.25) is 5.91 Å². The zero-order valence-electron chi connectivity index (χ0n) is 16.1. The van der Waals surface area contributed by atoms with Crippen molar-refractivity contribution in [2.45, 2.75) is 46.3 Å². The van der Waals surface area contributed by atoms with Crippen LogP contribution in [0.5, 0.6) is 5.75 Å². The van der Waals surface area contributed by atoms with Crippen LogP contribution in [0.25, 0.3) is 0 Å². The molecule has 5 heteroatoms. The first-order valence-corrected chi connectivity index (χ1v) is 8.89. The fourth-order valence-corrected chi connectivity index (χ4v) is 3.27. The average Bonchev–Trinajstić information content (AvgIpc) is 2.55. The average molecular weight is 353 g/mol. The maximum atomic E-state index is 12.9. The summed E-state index contributed by atoms with van der Waals surface area (Å²) in [5.41, 5.74) is 10.1. The summed E-state index contributed by atoms with van der Waals surface area (Å²) in [6, 6.07) is 11.3. The number of carbonyl (C=O) groups is 1. The Hall–Kier alpha value is -2.69. The lowest BCUT2D eigenvalue weighted by atomic mass is 10.0. The van der Waals surface area contributed by atoms with Crippen molar-refractivity contribution in [1.82, 2.24) is 0 Å². The smallest absolute Gasteiger partial charge is 0.246 e. The fraction of sp³-hybridized carbons (Fsp3) is 0.381. The zero-order valence-corrected chi connectivity index (χ0v) is 16.1. The van der Waals surface area contributed by atoms with E-state index in [0.717, 1.165) is 22.5 Å². The van der Waals surface area contributed by atoms with E-state index in [2.05, 4.69) is 10.2 Å². The molecule has 0 bridgehead atoms. The predicted molar refractivity (Wildman–Crippen MR) is 107 cm³/mol. The van der Waals surface area contributed by atoms with Gasteiger partial charge in [-0.05, 0) is 63.9 Å². The molecule has 0 aliphatic carbocycles. The van der Waals surface area contributed by atoms with Crippen molar-refractivity contribution in [1.29, 1.82) is 0 Å². The molecule has 0 radical (unpaired) electrons. The molecule has 1 aliphatic rings. The Morgan fingerprint density at radius 1 is 1.23 bits per heavy atom. The molecule has 138 valence electrons. The van der Waals surface area contributed by atoms with E-state index in [1.54, 1.807) is 0 Å². The topological polar surface area (TPSA) is 67.6 Å². The van der Waals surface area contributed by atoms with Crippen LogP contribution in [0.15, 0.2) is 36.4 Å². The van der Waals surface area contributed by atoms with Gasteiger partial charge in [-0.15, -0.1) is 0 Å². The molecular formula is C21H27N3O2. The lowest BCUT2D eigenvalue weighted by molar-refractivity contribution is -0.117. The molecule has 0 saturated carbocycles. The number of hydrogen-bond acceptors (Lipinski definition) is 4. The van der Waals surface area contributed by atoms with Crippen molar-refractivity contribution in [2.75, 3.05) is 22.5 Å². The van der Waals surface area contributed by atoms with Crippen LogP contribution < -0.4 is 20.7 Å². The van der Waals surface area contributed by atoms with Crippen LogP contribution in [0.4, 0.5) is 17.1 Å². The van der Waals surface area contributed by atoms with Crippen molar-refractivity contribution in [3.8, 4) is 5.75 Å². The highest BCUT2D eigenvalue weighted by Gasteiger charge is 2.36. The zero-order chi connectivity index (χ0) is 19.1. The van der Waals surface area contributed by atoms with Crippen molar-refractivity contribution in [3.63, 3.8) is 0 Å². The number of ether oxygens (including phenoxy) is 1. The molecule has 1 amide bonds. The van der Waals surface area contributed by atoms with Gasteiger partial charge in [0.1, 0.15) is 17.4 Å². The summed E-state index contributed by atoms with van der Waals surface area (Å²) in [7, 11) is 0. The summed E-state index contributed by atoms with van der Waals surface area (Å²) in [6.45, 7) is 10.6. The quantitative estimate of drug-likeness (QED) is 0.822. The first-order chi connectivity index (χ1) is 12.2. The summed E-state index contributed by atoms with van der Waals surface area (Å²) in [4.78, 5) is 15.0. The minimum atomic E-state index is -0.408. The highest BCUT2D eigenvalue weighted by molar-refractivity contribution is 5.97. The van der Waals surface area contributed by atoms with E-state index in [1.807, 2.05) is 71.0 Å². The third kappa shape index (κ3) is 3.62. The maximum absolute atomic E-state index is 12.9. The second-order valence-corrected chi connectivity index (χ2v) is 7.70. The molecule has 1 aliphatic heterocycles. The maximum Gasteiger partial charge on any atom is 0.246 e. The SMILES string of the molecule is Cc1ccc(C)c(NC(=O)C(C)N2CC(C)(C)Oc3cc(N)ccc32)c1. The summed E-state index contributed by atoms with van der Waals surface area (Å²) in [6.07, 6.45) is 0. The third-order valence-electron chi connectivity index (χ3n) is 4.73. The van der Waals surface area contributed by atoms with Crippen LogP contribution in [-0.2, 0) is 4.79 Å². The Morgan fingerprint density at radius 2 is 1.96 bits per heavy atom. The molecule has 2 aromatic carbocycles. The van der Waals surface area contributed by atoms with Crippen molar-refractivity contribution < 1.29 is 9.53 Å². The number of benzene rings is 2. The summed E-state index contributed by atoms with van der Waals surface area (Å²) in [5, 5.41) is 3.07. The molecule has 2 aromatic rings. The Labute approximate surface area is 155 Å². The molecule has 3 rings (SSSR count). The third-order valence-corrected chi connectivity index (χ3v) is 4.73. The van der Waals surface area contributed by atoms with E-state index >= 15 is 0 Å². The Bertz CT molecular complexity index is 845. The Balaban J connectivity index is 1.88. The lowest BCUT2D eigenvalue weighted by Gasteiger charge is -2.43. The van der Waals surface area contributed by atoms with Crippen molar-refractivity contribution >= 4 is 23.0 Å². The molecule has 1 atom stereocenters. The molecule has 3 N–H and O–H groups in total. The summed E-state index contributed by atoms with van der Waals surface area (Å²) in [5.74, 6) is 0.673. The van der Waals surface area contributed by atoms with E-state index in [9.17, 15) is 4.79 Å². The van der Waals surface area contributed by atoms with Gasteiger partial charge in [-0.1, -0.05) is 12.1 Å². The summed E-state index contributed by atoms with van der Waals surface area (Å²) >= 11 is 0. The summed E-state index contributed by atoms with van der Waals surface area (Å²) < 4.78 is 6.06. The van der Waals surface area contributed by atoms with Gasteiger partial charge < -0.3 is 20.7 Å². The van der Waals surface area contributed by atoms with Crippen LogP contribution in [0.2, 0.25) is 0 Å². The van der Waals surface area contributed by atoms with Gasteiger partial charge in [0.05, 0.1) is 12.2 Å². The molecule has 1 unspecified atom stereocenters. The molecule has 5 nitrogen and oxygen atoms in total. The monoisotopic (exact) mass is 353 g/mol. The van der Waals surface area contributed by atoms with Crippen LogP contribution in [0.1, 0.15) is 31.9 Å². The minimum Gasteiger partial charge on any atom is -0.484 e. The normalized spacial score (nSPS) is 16.4. The number of nitrogens with two attached hydrogens (primary N) is 1. The van der Waals surface area contributed by atoms with Crippen LogP contribution in [0, 0.1) is 13.8 Å². The van der Waals surface area contributed by atoms with E-state index in [4.69, 9.17) is 10.5 Å². The van der Waals surface area contributed by atoms with Gasteiger partial charge >= 0.3 is 0 Å². The number of fused-ring (bicyclic) bond motifs is 1. The van der Waals surface area contributed by atoms with Crippen molar-refractivity contribution in [2.24, 2.45) is 0 Å². The first-order valence-electron chi connectivity index (χ1n) is 8.89. The Morgan fingerprint density at radius 3 is 2.69 bits per heavy atom. The molecule has 0 saturated heterocycles. The van der Waals surface area contributed by atoms with Gasteiger partial charge in [0.25, 0.3) is 0 Å². The molecule has 26 heavy (non-hydrogen) atoms. The highest BCUT2D eigenvalue weighted by atomic mass is 16.5. The number of nitrogen functional groups attached to an aromatic ring is 1. The van der Waals surface area contributed by atoms with E-state index < -0.39 is 5.60 Å². The second kappa shape index (κ2) is 6.56. The molecular weight excluding hydrogens is 326 g/mol. The van der Waals surface area contributed by atoms with E-state index in [-0.39, 0.29) is 11.9 Å². The first kappa shape index (κ1) is 18.1. The lowest BCUT2D eigenvalue weighted by Crippen LogP contribution is -2.53. The molecule has 0 spiro atoms. The van der Waals surface area contributed by atoms with Crippen LogP contribution in [0.3, 0.4) is 0 Å². The van der Waals surface area contributed by atoms with E-state index in [1.165, 1.54) is 0 Å². The number of rotatable bonds is 3. The highest BCUT2D eigenvalue weighted by Crippen LogP contribution is 2.39. The molecule has 0 aromatic heterocycles. The van der Waals surface area contributed by atoms with Crippen LogP contribution in [-0.4, -0.2) is 24.1 Å². The number of anilines is 3. The Kier molecular flexibility index (Phi) is 4.57. The van der Waals surface area contributed by atoms with Gasteiger partial charge in [0.15, 0.2) is 0 Å².